The van der Waals surface area contributed by atoms with Crippen LogP contribution in [-0.2, 0) is 26.9 Å². The predicted molar refractivity (Wildman–Crippen MR) is 129 cm³/mol. The Labute approximate surface area is 201 Å². The topological polar surface area (TPSA) is 122 Å². The van der Waals surface area contributed by atoms with E-state index in [9.17, 15) is 8.42 Å². The van der Waals surface area contributed by atoms with Crippen LogP contribution in [-0.4, -0.2) is 58.7 Å². The molecular formula is C24H22N6O4S. The van der Waals surface area contributed by atoms with Gasteiger partial charge in [0.2, 0.25) is 9.84 Å². The molecule has 0 unspecified atom stereocenters. The zero-order valence-electron chi connectivity index (χ0n) is 18.9. The highest BCUT2D eigenvalue weighted by Gasteiger charge is 2.20. The van der Waals surface area contributed by atoms with Gasteiger partial charge in [-0.3, -0.25) is 4.98 Å². The third-order valence-electron chi connectivity index (χ3n) is 5.34. The standard InChI is InChI=1S/C24H22N6O4S/c1-33-11-12-34-20-8-10-26-23(14-20)35(31,32)16-19-5-7-22-24(27-19)30(29-28-22)15-17-4-6-21-18(13-17)3-2-9-25-21/h2-10,13-14H,11-12,15-16H2,1H3. The molecule has 1 aromatic carbocycles. The lowest BCUT2D eigenvalue weighted by atomic mass is 10.1. The molecule has 11 heteroatoms. The Morgan fingerprint density at radius 3 is 2.71 bits per heavy atom. The van der Waals surface area contributed by atoms with Crippen molar-refractivity contribution in [1.82, 2.24) is 29.9 Å². The van der Waals surface area contributed by atoms with Gasteiger partial charge in [-0.15, -0.1) is 5.10 Å². The molecule has 0 saturated heterocycles. The van der Waals surface area contributed by atoms with Crippen LogP contribution in [0.2, 0.25) is 0 Å². The van der Waals surface area contributed by atoms with E-state index in [-0.39, 0.29) is 10.8 Å². The van der Waals surface area contributed by atoms with Gasteiger partial charge in [-0.25, -0.2) is 23.1 Å². The second-order valence-electron chi connectivity index (χ2n) is 7.85. The van der Waals surface area contributed by atoms with E-state index in [4.69, 9.17) is 9.47 Å². The Morgan fingerprint density at radius 2 is 1.83 bits per heavy atom. The van der Waals surface area contributed by atoms with Crippen molar-refractivity contribution in [3.8, 4) is 5.75 Å². The largest absolute Gasteiger partial charge is 0.491 e. The molecule has 0 aliphatic heterocycles. The summed E-state index contributed by atoms with van der Waals surface area (Å²) in [4.78, 5) is 12.9. The summed E-state index contributed by atoms with van der Waals surface area (Å²) in [5.41, 5.74) is 3.38. The number of sulfone groups is 1. The van der Waals surface area contributed by atoms with Gasteiger partial charge in [0.05, 0.1) is 30.1 Å². The van der Waals surface area contributed by atoms with E-state index >= 15 is 0 Å². The highest BCUT2D eigenvalue weighted by atomic mass is 32.2. The first-order chi connectivity index (χ1) is 17.0. The molecule has 0 radical (unpaired) electrons. The molecule has 0 saturated carbocycles. The predicted octanol–water partition coefficient (Wildman–Crippen LogP) is 2.82. The summed E-state index contributed by atoms with van der Waals surface area (Å²) < 4.78 is 38.2. The summed E-state index contributed by atoms with van der Waals surface area (Å²) in [7, 11) is -2.19. The lowest BCUT2D eigenvalue weighted by Crippen LogP contribution is -2.10. The van der Waals surface area contributed by atoms with Gasteiger partial charge in [0.25, 0.3) is 0 Å². The van der Waals surface area contributed by atoms with E-state index in [1.807, 2.05) is 30.3 Å². The Kier molecular flexibility index (Phi) is 6.34. The number of methoxy groups -OCH3 is 1. The first-order valence-electron chi connectivity index (χ1n) is 10.9. The van der Waals surface area contributed by atoms with Crippen LogP contribution in [0.15, 0.2) is 72.0 Å². The van der Waals surface area contributed by atoms with Crippen molar-refractivity contribution >= 4 is 31.9 Å². The number of benzene rings is 1. The molecular weight excluding hydrogens is 468 g/mol. The number of hydrogen-bond acceptors (Lipinski definition) is 9. The minimum absolute atomic E-state index is 0.0780. The normalized spacial score (nSPS) is 11.8. The fourth-order valence-electron chi connectivity index (χ4n) is 3.64. The smallest absolute Gasteiger partial charge is 0.201 e. The molecule has 178 valence electrons. The quantitative estimate of drug-likeness (QED) is 0.287. The van der Waals surface area contributed by atoms with Gasteiger partial charge in [-0.05, 0) is 42.0 Å². The molecule has 0 N–H and O–H groups in total. The van der Waals surface area contributed by atoms with Crippen molar-refractivity contribution < 1.29 is 17.9 Å². The molecule has 0 fully saturated rings. The van der Waals surface area contributed by atoms with Gasteiger partial charge >= 0.3 is 0 Å². The number of rotatable bonds is 9. The van der Waals surface area contributed by atoms with Crippen LogP contribution in [0.1, 0.15) is 11.3 Å². The average Bonchev–Trinajstić information content (AvgIpc) is 3.26. The summed E-state index contributed by atoms with van der Waals surface area (Å²) in [5.74, 6) is 0.0940. The Morgan fingerprint density at radius 1 is 0.943 bits per heavy atom. The van der Waals surface area contributed by atoms with Crippen LogP contribution in [0.25, 0.3) is 22.1 Å². The molecule has 10 nitrogen and oxygen atoms in total. The number of fused-ring (bicyclic) bond motifs is 2. The van der Waals surface area contributed by atoms with E-state index in [2.05, 4.69) is 25.3 Å². The molecule has 0 atom stereocenters. The SMILES string of the molecule is COCCOc1ccnc(S(=O)(=O)Cc2ccc3nnn(Cc4ccc5ncccc5c4)c3n2)c1. The number of hydrogen-bond donors (Lipinski definition) is 0. The van der Waals surface area contributed by atoms with Crippen molar-refractivity contribution in [2.24, 2.45) is 0 Å². The average molecular weight is 491 g/mol. The van der Waals surface area contributed by atoms with Crippen LogP contribution in [0.3, 0.4) is 0 Å². The molecule has 0 aliphatic rings. The van der Waals surface area contributed by atoms with Crippen LogP contribution < -0.4 is 4.74 Å². The van der Waals surface area contributed by atoms with Crippen LogP contribution in [0.5, 0.6) is 5.75 Å². The monoisotopic (exact) mass is 490 g/mol. The molecule has 35 heavy (non-hydrogen) atoms. The van der Waals surface area contributed by atoms with Gasteiger partial charge in [-0.2, -0.15) is 0 Å². The zero-order valence-corrected chi connectivity index (χ0v) is 19.7. The molecule has 0 amide bonds. The fourth-order valence-corrected chi connectivity index (χ4v) is 4.85. The third kappa shape index (κ3) is 5.10. The third-order valence-corrected chi connectivity index (χ3v) is 6.87. The highest BCUT2D eigenvalue weighted by molar-refractivity contribution is 7.90. The first kappa shape index (κ1) is 22.8. The van der Waals surface area contributed by atoms with Crippen molar-refractivity contribution in [3.63, 3.8) is 0 Å². The van der Waals surface area contributed by atoms with Crippen LogP contribution in [0, 0.1) is 0 Å². The number of nitrogens with zero attached hydrogens (tertiary/aromatic N) is 6. The van der Waals surface area contributed by atoms with Crippen molar-refractivity contribution in [3.05, 3.63) is 78.2 Å². The molecule has 4 heterocycles. The molecule has 5 rings (SSSR count). The summed E-state index contributed by atoms with van der Waals surface area (Å²) in [5, 5.41) is 9.33. The lowest BCUT2D eigenvalue weighted by Gasteiger charge is -2.08. The molecule has 5 aromatic rings. The maximum absolute atomic E-state index is 13.0. The first-order valence-corrected chi connectivity index (χ1v) is 12.5. The van der Waals surface area contributed by atoms with Gasteiger partial charge in [0.15, 0.2) is 10.7 Å². The Hall–Kier alpha value is -3.96. The number of aromatic nitrogens is 6. The number of ether oxygens (including phenoxy) is 2. The van der Waals surface area contributed by atoms with E-state index in [0.717, 1.165) is 16.5 Å². The zero-order chi connectivity index (χ0) is 24.3. The molecule has 0 bridgehead atoms. The van der Waals surface area contributed by atoms with Gasteiger partial charge in [0.1, 0.15) is 17.9 Å². The van der Waals surface area contributed by atoms with Crippen molar-refractivity contribution in [2.45, 2.75) is 17.3 Å². The maximum atomic E-state index is 13.0. The van der Waals surface area contributed by atoms with Crippen molar-refractivity contribution in [2.75, 3.05) is 20.3 Å². The van der Waals surface area contributed by atoms with Crippen molar-refractivity contribution in [1.29, 1.82) is 0 Å². The highest BCUT2D eigenvalue weighted by Crippen LogP contribution is 2.21. The van der Waals surface area contributed by atoms with Gasteiger partial charge in [0, 0.05) is 31.0 Å². The summed E-state index contributed by atoms with van der Waals surface area (Å²) in [6, 6.07) is 16.2. The molecule has 0 spiro atoms. The minimum Gasteiger partial charge on any atom is -0.491 e. The maximum Gasteiger partial charge on any atom is 0.201 e. The Bertz CT molecular complexity index is 1600. The van der Waals surface area contributed by atoms with E-state index in [0.29, 0.717) is 42.4 Å². The fraction of sp³-hybridized carbons (Fsp3) is 0.208. The number of pyridine rings is 3. The second-order valence-corrected chi connectivity index (χ2v) is 9.79. The van der Waals surface area contributed by atoms with Gasteiger partial charge < -0.3 is 9.47 Å². The molecule has 0 aliphatic carbocycles. The van der Waals surface area contributed by atoms with Gasteiger partial charge in [-0.1, -0.05) is 17.3 Å². The van der Waals surface area contributed by atoms with Crippen LogP contribution >= 0.6 is 0 Å². The lowest BCUT2D eigenvalue weighted by molar-refractivity contribution is 0.146. The minimum atomic E-state index is -3.76. The Balaban J connectivity index is 1.38. The van der Waals surface area contributed by atoms with E-state index < -0.39 is 9.84 Å². The molecule has 4 aromatic heterocycles. The second kappa shape index (κ2) is 9.72. The summed E-state index contributed by atoms with van der Waals surface area (Å²) in [6.45, 7) is 1.14. The summed E-state index contributed by atoms with van der Waals surface area (Å²) in [6.07, 6.45) is 3.16. The van der Waals surface area contributed by atoms with E-state index in [1.165, 1.54) is 12.3 Å². The summed E-state index contributed by atoms with van der Waals surface area (Å²) >= 11 is 0. The van der Waals surface area contributed by atoms with Crippen LogP contribution in [0.4, 0.5) is 0 Å². The van der Waals surface area contributed by atoms with E-state index in [1.54, 1.807) is 36.2 Å².